The number of hydrogen-bond donors (Lipinski definition) is 2. The maximum absolute atomic E-state index is 5.77. The Morgan fingerprint density at radius 3 is 3.06 bits per heavy atom. The fourth-order valence-electron chi connectivity index (χ4n) is 2.18. The lowest BCUT2D eigenvalue weighted by Crippen LogP contribution is -2.22. The van der Waals surface area contributed by atoms with Gasteiger partial charge >= 0.3 is 0 Å². The second-order valence-corrected chi connectivity index (χ2v) is 5.46. The predicted octanol–water partition coefficient (Wildman–Crippen LogP) is 2.18. The van der Waals surface area contributed by atoms with Crippen molar-refractivity contribution >= 4 is 0 Å². The van der Waals surface area contributed by atoms with Gasteiger partial charge in [0, 0.05) is 25.0 Å². The summed E-state index contributed by atoms with van der Waals surface area (Å²) in [5.41, 5.74) is 0.938. The standard InChI is InChI=1S/C13H23N3O/c1-10(2)7-14-8-11-9-15-12(16-11)13(3)5-4-6-17-13/h9-10,14H,4-8H2,1-3H3,(H,15,16). The van der Waals surface area contributed by atoms with Gasteiger partial charge in [0.05, 0.1) is 0 Å². The Morgan fingerprint density at radius 1 is 1.59 bits per heavy atom. The van der Waals surface area contributed by atoms with E-state index in [1.54, 1.807) is 0 Å². The van der Waals surface area contributed by atoms with Crippen LogP contribution < -0.4 is 5.32 Å². The van der Waals surface area contributed by atoms with Crippen molar-refractivity contribution < 1.29 is 4.74 Å². The van der Waals surface area contributed by atoms with Crippen LogP contribution in [0.25, 0.3) is 0 Å². The van der Waals surface area contributed by atoms with Crippen molar-refractivity contribution in [2.45, 2.75) is 45.8 Å². The lowest BCUT2D eigenvalue weighted by molar-refractivity contribution is 0.00993. The van der Waals surface area contributed by atoms with Crippen LogP contribution in [-0.4, -0.2) is 23.1 Å². The SMILES string of the molecule is CC(C)CNCc1cnc(C2(C)CCCO2)[nH]1. The summed E-state index contributed by atoms with van der Waals surface area (Å²) < 4.78 is 5.77. The third-order valence-corrected chi connectivity index (χ3v) is 3.22. The van der Waals surface area contributed by atoms with Crippen LogP contribution in [0.5, 0.6) is 0 Å². The first-order chi connectivity index (χ1) is 8.10. The largest absolute Gasteiger partial charge is 0.367 e. The van der Waals surface area contributed by atoms with Crippen molar-refractivity contribution in [1.82, 2.24) is 15.3 Å². The van der Waals surface area contributed by atoms with E-state index in [2.05, 4.69) is 36.1 Å². The lowest BCUT2D eigenvalue weighted by atomic mass is 10.0. The van der Waals surface area contributed by atoms with E-state index in [4.69, 9.17) is 4.74 Å². The van der Waals surface area contributed by atoms with Gasteiger partial charge in [-0.05, 0) is 32.2 Å². The molecule has 0 spiro atoms. The van der Waals surface area contributed by atoms with Crippen LogP contribution >= 0.6 is 0 Å². The van der Waals surface area contributed by atoms with Crippen molar-refractivity contribution in [2.24, 2.45) is 5.92 Å². The van der Waals surface area contributed by atoms with Gasteiger partial charge in [-0.1, -0.05) is 13.8 Å². The van der Waals surface area contributed by atoms with Crippen LogP contribution in [0.1, 0.15) is 45.1 Å². The second-order valence-electron chi connectivity index (χ2n) is 5.46. The Labute approximate surface area is 103 Å². The first kappa shape index (κ1) is 12.6. The molecule has 1 aromatic heterocycles. The van der Waals surface area contributed by atoms with Gasteiger partial charge in [0.15, 0.2) is 0 Å². The molecule has 1 atom stereocenters. The molecule has 2 heterocycles. The Balaban J connectivity index is 1.91. The molecule has 1 aliphatic rings. The number of aromatic nitrogens is 2. The highest BCUT2D eigenvalue weighted by Gasteiger charge is 2.34. The van der Waals surface area contributed by atoms with E-state index >= 15 is 0 Å². The summed E-state index contributed by atoms with van der Waals surface area (Å²) in [5.74, 6) is 1.64. The molecular formula is C13H23N3O. The molecule has 1 fully saturated rings. The number of aromatic amines is 1. The Bertz CT molecular complexity index is 353. The minimum Gasteiger partial charge on any atom is -0.367 e. The van der Waals surface area contributed by atoms with Crippen LogP contribution in [0.2, 0.25) is 0 Å². The molecule has 0 amide bonds. The van der Waals surface area contributed by atoms with Gasteiger partial charge in [0.1, 0.15) is 11.4 Å². The molecule has 1 aliphatic heterocycles. The summed E-state index contributed by atoms with van der Waals surface area (Å²) in [6.07, 6.45) is 4.09. The smallest absolute Gasteiger partial charge is 0.138 e. The first-order valence-corrected chi connectivity index (χ1v) is 6.49. The van der Waals surface area contributed by atoms with E-state index in [-0.39, 0.29) is 5.60 Å². The average Bonchev–Trinajstić information content (AvgIpc) is 2.87. The highest BCUT2D eigenvalue weighted by Crippen LogP contribution is 2.33. The molecule has 0 aliphatic carbocycles. The van der Waals surface area contributed by atoms with Gasteiger partial charge in [-0.15, -0.1) is 0 Å². The van der Waals surface area contributed by atoms with Crippen molar-refractivity contribution in [1.29, 1.82) is 0 Å². The van der Waals surface area contributed by atoms with Crippen molar-refractivity contribution in [2.75, 3.05) is 13.2 Å². The van der Waals surface area contributed by atoms with Gasteiger partial charge < -0.3 is 15.0 Å². The molecule has 17 heavy (non-hydrogen) atoms. The summed E-state index contributed by atoms with van der Waals surface area (Å²) >= 11 is 0. The van der Waals surface area contributed by atoms with E-state index in [0.717, 1.165) is 44.1 Å². The fourth-order valence-corrected chi connectivity index (χ4v) is 2.18. The molecule has 1 unspecified atom stereocenters. The first-order valence-electron chi connectivity index (χ1n) is 6.49. The normalized spacial score (nSPS) is 24.7. The Kier molecular flexibility index (Phi) is 3.84. The second kappa shape index (κ2) is 5.19. The van der Waals surface area contributed by atoms with Crippen LogP contribution in [0.4, 0.5) is 0 Å². The monoisotopic (exact) mass is 237 g/mol. The molecule has 0 bridgehead atoms. The molecule has 0 saturated carbocycles. The molecule has 4 heteroatoms. The third kappa shape index (κ3) is 3.07. The lowest BCUT2D eigenvalue weighted by Gasteiger charge is -2.19. The van der Waals surface area contributed by atoms with Gasteiger partial charge in [0.25, 0.3) is 0 Å². The molecular weight excluding hydrogens is 214 g/mol. The number of ether oxygens (including phenoxy) is 1. The van der Waals surface area contributed by atoms with Crippen LogP contribution in [0.3, 0.4) is 0 Å². The van der Waals surface area contributed by atoms with Gasteiger partial charge in [-0.2, -0.15) is 0 Å². The van der Waals surface area contributed by atoms with Crippen LogP contribution in [0, 0.1) is 5.92 Å². The van der Waals surface area contributed by atoms with Gasteiger partial charge in [-0.3, -0.25) is 0 Å². The molecule has 0 aromatic carbocycles. The molecule has 2 N–H and O–H groups in total. The minimum absolute atomic E-state index is 0.198. The summed E-state index contributed by atoms with van der Waals surface area (Å²) in [4.78, 5) is 7.82. The zero-order valence-corrected chi connectivity index (χ0v) is 11.0. The van der Waals surface area contributed by atoms with Crippen molar-refractivity contribution in [3.63, 3.8) is 0 Å². The zero-order chi connectivity index (χ0) is 12.3. The average molecular weight is 237 g/mol. The minimum atomic E-state index is -0.198. The predicted molar refractivity (Wildman–Crippen MR) is 67.7 cm³/mol. The molecule has 4 nitrogen and oxygen atoms in total. The highest BCUT2D eigenvalue weighted by atomic mass is 16.5. The van der Waals surface area contributed by atoms with E-state index in [0.29, 0.717) is 5.92 Å². The zero-order valence-electron chi connectivity index (χ0n) is 11.0. The number of nitrogens with one attached hydrogen (secondary N) is 2. The van der Waals surface area contributed by atoms with Crippen molar-refractivity contribution in [3.8, 4) is 0 Å². The van der Waals surface area contributed by atoms with Crippen LogP contribution in [0.15, 0.2) is 6.20 Å². The molecule has 2 rings (SSSR count). The number of rotatable bonds is 5. The summed E-state index contributed by atoms with van der Waals surface area (Å²) in [6.45, 7) is 9.25. The van der Waals surface area contributed by atoms with E-state index < -0.39 is 0 Å². The molecule has 96 valence electrons. The summed E-state index contributed by atoms with van der Waals surface area (Å²) in [5, 5.41) is 3.41. The number of nitrogens with zero attached hydrogens (tertiary/aromatic N) is 1. The molecule has 1 saturated heterocycles. The maximum atomic E-state index is 5.77. The number of hydrogen-bond acceptors (Lipinski definition) is 3. The topological polar surface area (TPSA) is 49.9 Å². The maximum Gasteiger partial charge on any atom is 0.138 e. The number of imidazole rings is 1. The van der Waals surface area contributed by atoms with Gasteiger partial charge in [-0.25, -0.2) is 4.98 Å². The van der Waals surface area contributed by atoms with E-state index in [1.807, 2.05) is 6.20 Å². The fraction of sp³-hybridized carbons (Fsp3) is 0.769. The molecule has 0 radical (unpaired) electrons. The van der Waals surface area contributed by atoms with Crippen LogP contribution in [-0.2, 0) is 16.9 Å². The van der Waals surface area contributed by atoms with E-state index in [9.17, 15) is 0 Å². The number of H-pyrrole nitrogens is 1. The highest BCUT2D eigenvalue weighted by molar-refractivity contribution is 5.09. The Morgan fingerprint density at radius 2 is 2.41 bits per heavy atom. The summed E-state index contributed by atoms with van der Waals surface area (Å²) in [6, 6.07) is 0. The molecule has 1 aromatic rings. The quantitative estimate of drug-likeness (QED) is 0.825. The van der Waals surface area contributed by atoms with Gasteiger partial charge in [0.2, 0.25) is 0 Å². The Hall–Kier alpha value is -0.870. The summed E-state index contributed by atoms with van der Waals surface area (Å²) in [7, 11) is 0. The third-order valence-electron chi connectivity index (χ3n) is 3.22. The van der Waals surface area contributed by atoms with Crippen molar-refractivity contribution in [3.05, 3.63) is 17.7 Å². The van der Waals surface area contributed by atoms with E-state index in [1.165, 1.54) is 0 Å².